The molecule has 0 fully saturated rings. The van der Waals surface area contributed by atoms with E-state index in [2.05, 4.69) is 0 Å². The maximum atomic E-state index is 12.0. The van der Waals surface area contributed by atoms with Crippen LogP contribution in [0.5, 0.6) is 0 Å². The van der Waals surface area contributed by atoms with Gasteiger partial charge < -0.3 is 5.11 Å². The molecule has 0 saturated carbocycles. The molecule has 0 aliphatic rings. The Morgan fingerprint density at radius 3 is 2.06 bits per heavy atom. The van der Waals surface area contributed by atoms with E-state index in [9.17, 15) is 21.6 Å². The molecule has 8 heteroatoms. The lowest BCUT2D eigenvalue weighted by atomic mass is 10.2. The second-order valence-electron chi connectivity index (χ2n) is 3.80. The van der Waals surface area contributed by atoms with Crippen LogP contribution in [0.25, 0.3) is 0 Å². The van der Waals surface area contributed by atoms with Gasteiger partial charge in [-0.3, -0.25) is 0 Å². The van der Waals surface area contributed by atoms with Crippen molar-refractivity contribution in [3.63, 3.8) is 0 Å². The van der Waals surface area contributed by atoms with Crippen LogP contribution in [0.15, 0.2) is 29.2 Å². The Morgan fingerprint density at radius 2 is 1.61 bits per heavy atom. The highest BCUT2D eigenvalue weighted by molar-refractivity contribution is 8.67. The highest BCUT2D eigenvalue weighted by Crippen LogP contribution is 2.24. The molecule has 0 heterocycles. The summed E-state index contributed by atoms with van der Waals surface area (Å²) in [6.07, 6.45) is 0. The minimum Gasteiger partial charge on any atom is -0.478 e. The van der Waals surface area contributed by atoms with Gasteiger partial charge in [0, 0.05) is 0 Å². The molecule has 0 amide bonds. The highest BCUT2D eigenvalue weighted by atomic mass is 33.2. The number of benzene rings is 1. The molecule has 0 bridgehead atoms. The number of hydrogen-bond donors (Lipinski definition) is 1. The van der Waals surface area contributed by atoms with Gasteiger partial charge in [0.15, 0.2) is 0 Å². The predicted octanol–water partition coefficient (Wildman–Crippen LogP) is 0.897. The molecule has 0 aromatic heterocycles. The molecule has 0 unspecified atom stereocenters. The van der Waals surface area contributed by atoms with Crippen LogP contribution in [0.3, 0.4) is 0 Å². The molecule has 0 aliphatic heterocycles. The molecule has 0 radical (unpaired) electrons. The van der Waals surface area contributed by atoms with Gasteiger partial charge in [-0.15, -0.1) is 0 Å². The predicted molar refractivity (Wildman–Crippen MR) is 64.6 cm³/mol. The van der Waals surface area contributed by atoms with E-state index in [1.54, 1.807) is 0 Å². The van der Waals surface area contributed by atoms with Crippen molar-refractivity contribution >= 4 is 23.7 Å². The third-order valence-electron chi connectivity index (χ3n) is 2.27. The number of carbonyl (C=O) groups is 1. The molecule has 0 atom stereocenters. The Kier molecular flexibility index (Phi) is 3.82. The minimum atomic E-state index is -4.72. The lowest BCUT2D eigenvalue weighted by Gasteiger charge is -2.10. The van der Waals surface area contributed by atoms with Crippen molar-refractivity contribution in [3.05, 3.63) is 29.8 Å². The van der Waals surface area contributed by atoms with Crippen LogP contribution >= 0.6 is 0 Å². The van der Waals surface area contributed by atoms with Gasteiger partial charge in [-0.1, -0.05) is 12.1 Å². The van der Waals surface area contributed by atoms with Gasteiger partial charge >= 0.3 is 5.97 Å². The Balaban J connectivity index is 3.64. The van der Waals surface area contributed by atoms with Gasteiger partial charge in [0.25, 0.3) is 17.7 Å². The number of rotatable bonds is 4. The van der Waals surface area contributed by atoms with E-state index in [0.29, 0.717) is 0 Å². The zero-order valence-electron chi connectivity index (χ0n) is 9.69. The normalized spacial score (nSPS) is 12.6. The second-order valence-corrected chi connectivity index (χ2v) is 9.78. The second kappa shape index (κ2) is 4.69. The van der Waals surface area contributed by atoms with Crippen LogP contribution < -0.4 is 0 Å². The average molecular weight is 292 g/mol. The maximum absolute atomic E-state index is 12.0. The standard InChI is InChI=1S/C10H12O6S2/c1-7(2)17(13,14)18(15,16)9-6-4-3-5-8(9)10(11)12/h3-7H,1-2H3,(H,11,12). The lowest BCUT2D eigenvalue weighted by molar-refractivity contribution is 0.0692. The molecule has 1 aromatic carbocycles. The highest BCUT2D eigenvalue weighted by Gasteiger charge is 2.37. The van der Waals surface area contributed by atoms with Gasteiger partial charge in [0.05, 0.1) is 15.7 Å². The summed E-state index contributed by atoms with van der Waals surface area (Å²) in [7, 11) is -9.20. The molecule has 0 aliphatic carbocycles. The van der Waals surface area contributed by atoms with Gasteiger partial charge in [-0.05, 0) is 26.0 Å². The van der Waals surface area contributed by atoms with E-state index in [1.807, 2.05) is 0 Å². The fraction of sp³-hybridized carbons (Fsp3) is 0.300. The third kappa shape index (κ3) is 2.25. The Labute approximate surface area is 104 Å². The summed E-state index contributed by atoms with van der Waals surface area (Å²) in [6, 6.07) is 4.61. The van der Waals surface area contributed by atoms with Crippen LogP contribution in [0, 0.1) is 0 Å². The topological polar surface area (TPSA) is 106 Å². The molecule has 1 aromatic rings. The Hall–Kier alpha value is -1.41. The van der Waals surface area contributed by atoms with Crippen LogP contribution in [0.1, 0.15) is 24.2 Å². The van der Waals surface area contributed by atoms with Crippen molar-refractivity contribution in [2.24, 2.45) is 0 Å². The summed E-state index contributed by atoms with van der Waals surface area (Å²) < 4.78 is 47.4. The first-order valence-corrected chi connectivity index (χ1v) is 8.48. The van der Waals surface area contributed by atoms with E-state index < -0.39 is 39.4 Å². The van der Waals surface area contributed by atoms with Crippen LogP contribution in [-0.2, 0) is 17.7 Å². The van der Waals surface area contributed by atoms with E-state index >= 15 is 0 Å². The SMILES string of the molecule is CC(C)S(=O)(=O)S(=O)(=O)c1ccccc1C(=O)O. The average Bonchev–Trinajstić information content (AvgIpc) is 2.28. The van der Waals surface area contributed by atoms with Gasteiger partial charge in [-0.2, -0.15) is 0 Å². The molecule has 6 nitrogen and oxygen atoms in total. The van der Waals surface area contributed by atoms with Gasteiger partial charge in [0.1, 0.15) is 0 Å². The molecule has 100 valence electrons. The monoisotopic (exact) mass is 292 g/mol. The summed E-state index contributed by atoms with van der Waals surface area (Å²) in [5.74, 6) is -1.49. The van der Waals surface area contributed by atoms with Crippen molar-refractivity contribution in [1.29, 1.82) is 0 Å². The summed E-state index contributed by atoms with van der Waals surface area (Å²) in [4.78, 5) is 10.2. The smallest absolute Gasteiger partial charge is 0.337 e. The minimum absolute atomic E-state index is 0.554. The molecule has 0 spiro atoms. The van der Waals surface area contributed by atoms with Crippen molar-refractivity contribution < 1.29 is 26.7 Å². The van der Waals surface area contributed by atoms with Gasteiger partial charge in [0.2, 0.25) is 0 Å². The number of hydrogen-bond acceptors (Lipinski definition) is 5. The first-order valence-electron chi connectivity index (χ1n) is 4.93. The molecule has 0 saturated heterocycles. The summed E-state index contributed by atoms with van der Waals surface area (Å²) in [6.45, 7) is 2.44. The number of carboxylic acids is 1. The number of carboxylic acid groups (broad SMARTS) is 1. The molecule has 1 rings (SSSR count). The number of aromatic carboxylic acids is 1. The maximum Gasteiger partial charge on any atom is 0.337 e. The zero-order valence-corrected chi connectivity index (χ0v) is 11.3. The van der Waals surface area contributed by atoms with Crippen molar-refractivity contribution in [1.82, 2.24) is 0 Å². The fourth-order valence-electron chi connectivity index (χ4n) is 1.24. The molecular formula is C10H12O6S2. The molecule has 1 N–H and O–H groups in total. The Bertz CT molecular complexity index is 670. The summed E-state index contributed by atoms with van der Waals surface area (Å²) in [5.41, 5.74) is -0.554. The van der Waals surface area contributed by atoms with Crippen LogP contribution in [0.4, 0.5) is 0 Å². The Morgan fingerprint density at radius 1 is 1.11 bits per heavy atom. The summed E-state index contributed by atoms with van der Waals surface area (Å²) >= 11 is 0. The molecular weight excluding hydrogens is 280 g/mol. The zero-order chi connectivity index (χ0) is 14.1. The van der Waals surface area contributed by atoms with Gasteiger partial charge in [-0.25, -0.2) is 21.6 Å². The first kappa shape index (κ1) is 14.7. The quantitative estimate of drug-likeness (QED) is 0.826. The van der Waals surface area contributed by atoms with E-state index in [4.69, 9.17) is 5.11 Å². The van der Waals surface area contributed by atoms with Crippen molar-refractivity contribution in [2.45, 2.75) is 24.0 Å². The lowest BCUT2D eigenvalue weighted by Crippen LogP contribution is -2.25. The van der Waals surface area contributed by atoms with E-state index in [-0.39, 0.29) is 0 Å². The third-order valence-corrected chi connectivity index (χ3v) is 8.46. The fourth-order valence-corrected chi connectivity index (χ4v) is 5.37. The van der Waals surface area contributed by atoms with Crippen molar-refractivity contribution in [2.75, 3.05) is 0 Å². The van der Waals surface area contributed by atoms with E-state index in [0.717, 1.165) is 12.1 Å². The van der Waals surface area contributed by atoms with E-state index in [1.165, 1.54) is 26.0 Å². The van der Waals surface area contributed by atoms with Crippen molar-refractivity contribution in [3.8, 4) is 0 Å². The van der Waals surface area contributed by atoms with Crippen LogP contribution in [0.2, 0.25) is 0 Å². The molecule has 18 heavy (non-hydrogen) atoms. The largest absolute Gasteiger partial charge is 0.478 e. The summed E-state index contributed by atoms with van der Waals surface area (Å²) in [5, 5.41) is 7.73. The van der Waals surface area contributed by atoms with Crippen LogP contribution in [-0.4, -0.2) is 33.2 Å². The first-order chi connectivity index (χ1) is 8.12.